The Morgan fingerprint density at radius 1 is 1.00 bits per heavy atom. The van der Waals surface area contributed by atoms with Crippen LogP contribution in [0.4, 0.5) is 10.1 Å². The molecule has 0 bridgehead atoms. The molecule has 0 atom stereocenters. The lowest BCUT2D eigenvalue weighted by Crippen LogP contribution is -2.26. The highest BCUT2D eigenvalue weighted by atomic mass is 19.1. The van der Waals surface area contributed by atoms with Crippen molar-refractivity contribution in [1.82, 2.24) is 4.98 Å². The van der Waals surface area contributed by atoms with Crippen LogP contribution in [0.3, 0.4) is 0 Å². The second kappa shape index (κ2) is 4.77. The van der Waals surface area contributed by atoms with Crippen LogP contribution in [-0.4, -0.2) is 18.1 Å². The first kappa shape index (κ1) is 11.2. The molecule has 2 heterocycles. The molecular weight excluding hydrogens is 227 g/mol. The molecule has 1 aromatic carbocycles. The summed E-state index contributed by atoms with van der Waals surface area (Å²) in [7, 11) is 0. The lowest BCUT2D eigenvalue weighted by molar-refractivity contribution is 0.582. The fourth-order valence-electron chi connectivity index (χ4n) is 2.52. The SMILES string of the molecule is Fc1cc(N2CCc3ccccc3CC2)ccn1. The number of hydrogen-bond donors (Lipinski definition) is 0. The van der Waals surface area contributed by atoms with E-state index in [1.54, 1.807) is 0 Å². The molecule has 2 aromatic rings. The first-order chi connectivity index (χ1) is 8.83. The summed E-state index contributed by atoms with van der Waals surface area (Å²) in [6.07, 6.45) is 3.56. The van der Waals surface area contributed by atoms with Gasteiger partial charge in [-0.05, 0) is 30.0 Å². The fraction of sp³-hybridized carbons (Fsp3) is 0.267. The van der Waals surface area contributed by atoms with Crippen molar-refractivity contribution >= 4 is 5.69 Å². The Balaban J connectivity index is 1.83. The molecule has 0 saturated heterocycles. The van der Waals surface area contributed by atoms with Crippen molar-refractivity contribution in [2.24, 2.45) is 0 Å². The van der Waals surface area contributed by atoms with Crippen molar-refractivity contribution in [2.45, 2.75) is 12.8 Å². The van der Waals surface area contributed by atoms with Crippen LogP contribution in [0.5, 0.6) is 0 Å². The molecule has 0 saturated carbocycles. The van der Waals surface area contributed by atoms with Gasteiger partial charge in [0.1, 0.15) is 0 Å². The van der Waals surface area contributed by atoms with E-state index in [0.29, 0.717) is 0 Å². The van der Waals surface area contributed by atoms with Crippen LogP contribution in [0, 0.1) is 5.95 Å². The molecule has 0 amide bonds. The molecule has 92 valence electrons. The molecule has 3 rings (SSSR count). The van der Waals surface area contributed by atoms with Crippen LogP contribution in [0.25, 0.3) is 0 Å². The van der Waals surface area contributed by atoms with Gasteiger partial charge in [0.25, 0.3) is 0 Å². The Hall–Kier alpha value is -1.90. The summed E-state index contributed by atoms with van der Waals surface area (Å²) in [6, 6.07) is 11.9. The quantitative estimate of drug-likeness (QED) is 0.715. The summed E-state index contributed by atoms with van der Waals surface area (Å²) in [5, 5.41) is 0. The Labute approximate surface area is 106 Å². The van der Waals surface area contributed by atoms with E-state index < -0.39 is 5.95 Å². The van der Waals surface area contributed by atoms with E-state index in [-0.39, 0.29) is 0 Å². The third-order valence-electron chi connectivity index (χ3n) is 3.50. The van der Waals surface area contributed by atoms with Crippen molar-refractivity contribution in [3.63, 3.8) is 0 Å². The summed E-state index contributed by atoms with van der Waals surface area (Å²) < 4.78 is 13.1. The smallest absolute Gasteiger partial charge is 0.214 e. The van der Waals surface area contributed by atoms with Gasteiger partial charge in [-0.2, -0.15) is 4.39 Å². The number of aromatic nitrogens is 1. The number of benzene rings is 1. The Bertz CT molecular complexity index is 527. The van der Waals surface area contributed by atoms with Gasteiger partial charge in [0.15, 0.2) is 0 Å². The molecule has 2 nitrogen and oxygen atoms in total. The Morgan fingerprint density at radius 2 is 1.67 bits per heavy atom. The van der Waals surface area contributed by atoms with E-state index in [0.717, 1.165) is 31.6 Å². The second-order valence-electron chi connectivity index (χ2n) is 4.59. The average molecular weight is 242 g/mol. The Morgan fingerprint density at radius 3 is 2.28 bits per heavy atom. The van der Waals surface area contributed by atoms with Gasteiger partial charge in [-0.15, -0.1) is 0 Å². The number of hydrogen-bond acceptors (Lipinski definition) is 2. The number of rotatable bonds is 1. The van der Waals surface area contributed by atoms with E-state index in [9.17, 15) is 4.39 Å². The van der Waals surface area contributed by atoms with Gasteiger partial charge in [0.2, 0.25) is 5.95 Å². The van der Waals surface area contributed by atoms with Gasteiger partial charge in [-0.3, -0.25) is 0 Å². The largest absolute Gasteiger partial charge is 0.371 e. The van der Waals surface area contributed by atoms with Crippen molar-refractivity contribution in [3.05, 3.63) is 59.7 Å². The molecule has 0 spiro atoms. The zero-order valence-corrected chi connectivity index (χ0v) is 10.1. The number of nitrogens with zero attached hydrogens (tertiary/aromatic N) is 2. The Kier molecular flexibility index (Phi) is 2.97. The maximum absolute atomic E-state index is 13.1. The van der Waals surface area contributed by atoms with Crippen LogP contribution in [0.1, 0.15) is 11.1 Å². The minimum absolute atomic E-state index is 0.408. The summed E-state index contributed by atoms with van der Waals surface area (Å²) in [5.74, 6) is -0.408. The number of fused-ring (bicyclic) bond motifs is 1. The molecule has 0 N–H and O–H groups in total. The van der Waals surface area contributed by atoms with Crippen LogP contribution < -0.4 is 4.90 Å². The van der Waals surface area contributed by atoms with E-state index >= 15 is 0 Å². The summed E-state index contributed by atoms with van der Waals surface area (Å²) in [4.78, 5) is 5.83. The zero-order valence-electron chi connectivity index (χ0n) is 10.1. The monoisotopic (exact) mass is 242 g/mol. The van der Waals surface area contributed by atoms with E-state index in [1.807, 2.05) is 6.07 Å². The highest BCUT2D eigenvalue weighted by Crippen LogP contribution is 2.20. The molecule has 0 unspecified atom stereocenters. The molecule has 0 radical (unpaired) electrons. The maximum Gasteiger partial charge on any atom is 0.214 e. The van der Waals surface area contributed by atoms with Crippen LogP contribution in [0.2, 0.25) is 0 Å². The van der Waals surface area contributed by atoms with Crippen LogP contribution in [0.15, 0.2) is 42.6 Å². The highest BCUT2D eigenvalue weighted by Gasteiger charge is 2.14. The van der Waals surface area contributed by atoms with Gasteiger partial charge >= 0.3 is 0 Å². The van der Waals surface area contributed by atoms with Gasteiger partial charge in [-0.1, -0.05) is 24.3 Å². The van der Waals surface area contributed by atoms with E-state index in [1.165, 1.54) is 23.4 Å². The lowest BCUT2D eigenvalue weighted by atomic mass is 10.0. The minimum atomic E-state index is -0.408. The molecule has 3 heteroatoms. The molecular formula is C15H15FN2. The summed E-state index contributed by atoms with van der Waals surface area (Å²) in [5.41, 5.74) is 3.75. The average Bonchev–Trinajstić information content (AvgIpc) is 2.61. The molecule has 1 aromatic heterocycles. The van der Waals surface area contributed by atoms with E-state index in [2.05, 4.69) is 34.1 Å². The van der Waals surface area contributed by atoms with Gasteiger partial charge in [-0.25, -0.2) is 4.98 Å². The standard InChI is InChI=1S/C15H15FN2/c16-15-11-14(5-8-17-15)18-9-6-12-3-1-2-4-13(12)7-10-18/h1-5,8,11H,6-7,9-10H2. The summed E-state index contributed by atoms with van der Waals surface area (Å²) in [6.45, 7) is 1.86. The fourth-order valence-corrected chi connectivity index (χ4v) is 2.52. The first-order valence-corrected chi connectivity index (χ1v) is 6.26. The third-order valence-corrected chi connectivity index (χ3v) is 3.50. The van der Waals surface area contributed by atoms with Crippen molar-refractivity contribution in [2.75, 3.05) is 18.0 Å². The molecule has 1 aliphatic rings. The third kappa shape index (κ3) is 2.21. The van der Waals surface area contributed by atoms with Crippen LogP contribution >= 0.6 is 0 Å². The van der Waals surface area contributed by atoms with E-state index in [4.69, 9.17) is 0 Å². The topological polar surface area (TPSA) is 16.1 Å². The van der Waals surface area contributed by atoms with Crippen molar-refractivity contribution in [3.8, 4) is 0 Å². The maximum atomic E-state index is 13.1. The number of anilines is 1. The van der Waals surface area contributed by atoms with Gasteiger partial charge < -0.3 is 4.90 Å². The normalized spacial score (nSPS) is 15.1. The van der Waals surface area contributed by atoms with Gasteiger partial charge in [0.05, 0.1) is 0 Å². The van der Waals surface area contributed by atoms with Gasteiger partial charge in [0, 0.05) is 31.0 Å². The molecule has 1 aliphatic heterocycles. The zero-order chi connectivity index (χ0) is 12.4. The first-order valence-electron chi connectivity index (χ1n) is 6.26. The molecule has 18 heavy (non-hydrogen) atoms. The lowest BCUT2D eigenvalue weighted by Gasteiger charge is -2.22. The molecule has 0 fully saturated rings. The van der Waals surface area contributed by atoms with Crippen molar-refractivity contribution < 1.29 is 4.39 Å². The number of halogens is 1. The minimum Gasteiger partial charge on any atom is -0.371 e. The predicted octanol–water partition coefficient (Wildman–Crippen LogP) is 2.83. The highest BCUT2D eigenvalue weighted by molar-refractivity contribution is 5.46. The molecule has 0 aliphatic carbocycles. The number of pyridine rings is 1. The second-order valence-corrected chi connectivity index (χ2v) is 4.59. The predicted molar refractivity (Wildman–Crippen MR) is 70.3 cm³/mol. The summed E-state index contributed by atoms with van der Waals surface area (Å²) >= 11 is 0. The van der Waals surface area contributed by atoms with Crippen molar-refractivity contribution in [1.29, 1.82) is 0 Å². The van der Waals surface area contributed by atoms with Crippen LogP contribution in [-0.2, 0) is 12.8 Å².